The van der Waals surface area contributed by atoms with Crippen molar-refractivity contribution < 1.29 is 23.3 Å². The third-order valence-electron chi connectivity index (χ3n) is 3.54. The molecule has 1 unspecified atom stereocenters. The van der Waals surface area contributed by atoms with Crippen molar-refractivity contribution >= 4 is 55.4 Å². The molecule has 3 aromatic rings. The molecule has 0 saturated carbocycles. The normalized spacial score (nSPS) is 11.8. The SMILES string of the molecule is O=C(NC(=O)c1ccccc1[N+](=O)[O-])Nc1nc2ccc(CS(=O)O)cc2s1. The molecule has 3 rings (SSSR count). The third kappa shape index (κ3) is 4.54. The molecule has 0 aliphatic heterocycles. The molecular formula is C16H12N4O6S2. The van der Waals surface area contributed by atoms with Crippen molar-refractivity contribution in [2.45, 2.75) is 5.75 Å². The Kier molecular flexibility index (Phi) is 5.73. The Morgan fingerprint density at radius 2 is 2.00 bits per heavy atom. The highest BCUT2D eigenvalue weighted by atomic mass is 32.2. The van der Waals surface area contributed by atoms with Gasteiger partial charge in [-0.2, -0.15) is 0 Å². The minimum Gasteiger partial charge on any atom is -0.306 e. The fraction of sp³-hybridized carbons (Fsp3) is 0.0625. The van der Waals surface area contributed by atoms with Gasteiger partial charge in [0.25, 0.3) is 11.6 Å². The third-order valence-corrected chi connectivity index (χ3v) is 5.05. The summed E-state index contributed by atoms with van der Waals surface area (Å²) >= 11 is -0.858. The van der Waals surface area contributed by atoms with E-state index in [1.165, 1.54) is 18.2 Å². The number of imide groups is 1. The Labute approximate surface area is 164 Å². The molecule has 10 nitrogen and oxygen atoms in total. The molecule has 0 aliphatic rings. The van der Waals surface area contributed by atoms with Gasteiger partial charge in [-0.1, -0.05) is 29.5 Å². The van der Waals surface area contributed by atoms with Crippen LogP contribution in [-0.4, -0.2) is 30.6 Å². The van der Waals surface area contributed by atoms with Gasteiger partial charge >= 0.3 is 6.03 Å². The number of carbonyl (C=O) groups is 2. The Bertz CT molecular complexity index is 1110. The summed E-state index contributed by atoms with van der Waals surface area (Å²) in [4.78, 5) is 38.6. The maximum Gasteiger partial charge on any atom is 0.327 e. The van der Waals surface area contributed by atoms with Crippen LogP contribution in [0.5, 0.6) is 0 Å². The second-order valence-corrected chi connectivity index (χ2v) is 7.43. The lowest BCUT2D eigenvalue weighted by Gasteiger charge is -2.04. The molecule has 0 radical (unpaired) electrons. The molecule has 1 heterocycles. The fourth-order valence-corrected chi connectivity index (χ4v) is 3.77. The second kappa shape index (κ2) is 8.21. The topological polar surface area (TPSA) is 152 Å². The van der Waals surface area contributed by atoms with Gasteiger partial charge in [0.05, 0.1) is 20.9 Å². The van der Waals surface area contributed by atoms with E-state index in [0.717, 1.165) is 17.4 Å². The van der Waals surface area contributed by atoms with Gasteiger partial charge in [-0.3, -0.25) is 25.5 Å². The number of nitrogens with zero attached hydrogens (tertiary/aromatic N) is 2. The smallest absolute Gasteiger partial charge is 0.306 e. The molecule has 0 fully saturated rings. The van der Waals surface area contributed by atoms with Crippen molar-refractivity contribution in [3.8, 4) is 0 Å². The van der Waals surface area contributed by atoms with Gasteiger partial charge in [0.1, 0.15) is 5.56 Å². The first kappa shape index (κ1) is 19.5. The minimum atomic E-state index is -1.97. The second-order valence-electron chi connectivity index (χ2n) is 5.47. The summed E-state index contributed by atoms with van der Waals surface area (Å²) in [6.07, 6.45) is 0. The lowest BCUT2D eigenvalue weighted by atomic mass is 10.1. The summed E-state index contributed by atoms with van der Waals surface area (Å²) in [6.45, 7) is 0. The van der Waals surface area contributed by atoms with Gasteiger partial charge < -0.3 is 4.55 Å². The number of benzene rings is 2. The molecule has 1 atom stereocenters. The number of hydrogen-bond donors (Lipinski definition) is 3. The van der Waals surface area contributed by atoms with Crippen LogP contribution in [0.15, 0.2) is 42.5 Å². The summed E-state index contributed by atoms with van der Waals surface area (Å²) in [5, 5.41) is 15.6. The van der Waals surface area contributed by atoms with Gasteiger partial charge in [-0.05, 0) is 23.8 Å². The van der Waals surface area contributed by atoms with Crippen molar-refractivity contribution in [1.29, 1.82) is 0 Å². The average molecular weight is 420 g/mol. The summed E-state index contributed by atoms with van der Waals surface area (Å²) in [5.74, 6) is -0.944. The fourth-order valence-electron chi connectivity index (χ4n) is 2.38. The van der Waals surface area contributed by atoms with E-state index in [4.69, 9.17) is 4.55 Å². The molecule has 12 heteroatoms. The average Bonchev–Trinajstić information content (AvgIpc) is 3.02. The van der Waals surface area contributed by atoms with E-state index >= 15 is 0 Å². The molecule has 0 aliphatic carbocycles. The summed E-state index contributed by atoms with van der Waals surface area (Å²) in [5.41, 5.74) is 0.549. The van der Waals surface area contributed by atoms with E-state index in [9.17, 15) is 23.9 Å². The Morgan fingerprint density at radius 3 is 2.71 bits per heavy atom. The standard InChI is InChI=1S/C16H12N4O6S2/c21-14(10-3-1-2-4-12(10)20(23)24)18-15(22)19-16-17-11-6-5-9(8-28(25)26)7-13(11)27-16/h1-7H,8H2,(H,25,26)(H2,17,18,19,21,22). The highest BCUT2D eigenvalue weighted by Gasteiger charge is 2.21. The zero-order valence-corrected chi connectivity index (χ0v) is 15.6. The number of nitro benzene ring substituents is 1. The van der Waals surface area contributed by atoms with E-state index in [1.807, 2.05) is 5.32 Å². The predicted molar refractivity (Wildman–Crippen MR) is 104 cm³/mol. The Hall–Kier alpha value is -3.22. The Balaban J connectivity index is 1.72. The summed E-state index contributed by atoms with van der Waals surface area (Å²) in [7, 11) is 0. The van der Waals surface area contributed by atoms with E-state index in [2.05, 4.69) is 10.3 Å². The number of amides is 3. The van der Waals surface area contributed by atoms with Crippen LogP contribution in [0.1, 0.15) is 15.9 Å². The summed E-state index contributed by atoms with van der Waals surface area (Å²) < 4.78 is 20.5. The van der Waals surface area contributed by atoms with Gasteiger partial charge in [0.15, 0.2) is 16.2 Å². The number of rotatable bonds is 5. The highest BCUT2D eigenvalue weighted by molar-refractivity contribution is 7.78. The highest BCUT2D eigenvalue weighted by Crippen LogP contribution is 2.27. The van der Waals surface area contributed by atoms with Crippen LogP contribution in [0.25, 0.3) is 10.2 Å². The number of carbonyl (C=O) groups excluding carboxylic acids is 2. The van der Waals surface area contributed by atoms with Crippen LogP contribution >= 0.6 is 11.3 Å². The maximum absolute atomic E-state index is 12.1. The van der Waals surface area contributed by atoms with Crippen molar-refractivity contribution in [2.24, 2.45) is 0 Å². The number of anilines is 1. The number of aromatic nitrogens is 1. The number of nitro groups is 1. The van der Waals surface area contributed by atoms with Crippen molar-refractivity contribution in [3.63, 3.8) is 0 Å². The van der Waals surface area contributed by atoms with E-state index in [0.29, 0.717) is 15.8 Å². The molecule has 1 aromatic heterocycles. The first-order chi connectivity index (χ1) is 13.3. The zero-order valence-electron chi connectivity index (χ0n) is 13.9. The number of para-hydroxylation sites is 1. The molecule has 0 spiro atoms. The molecule has 0 bridgehead atoms. The maximum atomic E-state index is 12.1. The van der Waals surface area contributed by atoms with Gasteiger partial charge in [0, 0.05) is 6.07 Å². The van der Waals surface area contributed by atoms with Crippen LogP contribution < -0.4 is 10.6 Å². The number of thiazole rings is 1. The number of nitrogens with one attached hydrogen (secondary N) is 2. The molecule has 3 N–H and O–H groups in total. The lowest BCUT2D eigenvalue weighted by Crippen LogP contribution is -2.34. The van der Waals surface area contributed by atoms with Crippen LogP contribution in [0.2, 0.25) is 0 Å². The van der Waals surface area contributed by atoms with E-state index < -0.39 is 33.6 Å². The number of hydrogen-bond acceptors (Lipinski definition) is 7. The quantitative estimate of drug-likeness (QED) is 0.326. The van der Waals surface area contributed by atoms with Crippen LogP contribution in [0.3, 0.4) is 0 Å². The largest absolute Gasteiger partial charge is 0.327 e. The lowest BCUT2D eigenvalue weighted by molar-refractivity contribution is -0.385. The first-order valence-electron chi connectivity index (χ1n) is 7.66. The van der Waals surface area contributed by atoms with E-state index in [1.54, 1.807) is 18.2 Å². The van der Waals surface area contributed by atoms with Gasteiger partial charge in [-0.15, -0.1) is 0 Å². The predicted octanol–water partition coefficient (Wildman–Crippen LogP) is 2.89. The number of urea groups is 1. The first-order valence-corrected chi connectivity index (χ1v) is 9.75. The van der Waals surface area contributed by atoms with Crippen molar-refractivity contribution in [1.82, 2.24) is 10.3 Å². The monoisotopic (exact) mass is 420 g/mol. The van der Waals surface area contributed by atoms with Crippen LogP contribution in [0.4, 0.5) is 15.6 Å². The minimum absolute atomic E-state index is 0.0263. The van der Waals surface area contributed by atoms with Crippen molar-refractivity contribution in [2.75, 3.05) is 5.32 Å². The molecule has 144 valence electrons. The zero-order chi connectivity index (χ0) is 20.3. The van der Waals surface area contributed by atoms with Crippen LogP contribution in [-0.2, 0) is 16.8 Å². The molecule has 0 saturated heterocycles. The summed E-state index contributed by atoms with van der Waals surface area (Å²) in [6, 6.07) is 9.36. The molecule has 3 amide bonds. The van der Waals surface area contributed by atoms with Gasteiger partial charge in [0.2, 0.25) is 0 Å². The van der Waals surface area contributed by atoms with E-state index in [-0.39, 0.29) is 16.4 Å². The Morgan fingerprint density at radius 1 is 1.25 bits per heavy atom. The van der Waals surface area contributed by atoms with Crippen molar-refractivity contribution in [3.05, 3.63) is 63.7 Å². The number of fused-ring (bicyclic) bond motifs is 1. The molecule has 28 heavy (non-hydrogen) atoms. The molecular weight excluding hydrogens is 408 g/mol. The van der Waals surface area contributed by atoms with Gasteiger partial charge in [-0.25, -0.2) is 14.0 Å². The van der Waals surface area contributed by atoms with Crippen LogP contribution in [0, 0.1) is 10.1 Å². The molecule has 2 aromatic carbocycles.